The molecule has 2 rings (SSSR count). The molecule has 1 atom stereocenters. The van der Waals surface area contributed by atoms with E-state index in [0.717, 1.165) is 45.3 Å². The van der Waals surface area contributed by atoms with Crippen LogP contribution in [0.2, 0.25) is 0 Å². The van der Waals surface area contributed by atoms with Crippen LogP contribution in [0, 0.1) is 5.92 Å². The second kappa shape index (κ2) is 8.19. The third kappa shape index (κ3) is 5.96. The fourth-order valence-electron chi connectivity index (χ4n) is 3.30. The van der Waals surface area contributed by atoms with E-state index in [1.165, 1.54) is 0 Å². The first kappa shape index (κ1) is 19.0. The summed E-state index contributed by atoms with van der Waals surface area (Å²) >= 11 is 0. The zero-order valence-electron chi connectivity index (χ0n) is 15.5. The molecule has 0 aromatic heterocycles. The smallest absolute Gasteiger partial charge is 0.410 e. The highest BCUT2D eigenvalue weighted by Crippen LogP contribution is 2.21. The van der Waals surface area contributed by atoms with Gasteiger partial charge in [0.25, 0.3) is 0 Å². The summed E-state index contributed by atoms with van der Waals surface area (Å²) in [5.41, 5.74) is -0.453. The van der Waals surface area contributed by atoms with Crippen LogP contribution in [0.5, 0.6) is 0 Å². The minimum Gasteiger partial charge on any atom is -0.444 e. The first-order valence-corrected chi connectivity index (χ1v) is 9.09. The second-order valence-corrected chi connectivity index (χ2v) is 7.97. The van der Waals surface area contributed by atoms with Gasteiger partial charge in [-0.1, -0.05) is 0 Å². The minimum absolute atomic E-state index is 0.147. The molecule has 2 amide bonds. The number of likely N-dealkylation sites (tertiary alicyclic amines) is 2. The molecule has 2 heterocycles. The van der Waals surface area contributed by atoms with Crippen molar-refractivity contribution in [3.8, 4) is 0 Å². The van der Waals surface area contributed by atoms with Gasteiger partial charge in [-0.3, -0.25) is 4.79 Å². The van der Waals surface area contributed by atoms with E-state index in [9.17, 15) is 9.59 Å². The fourth-order valence-corrected chi connectivity index (χ4v) is 3.30. The van der Waals surface area contributed by atoms with Gasteiger partial charge in [0.2, 0.25) is 5.91 Å². The molecule has 24 heavy (non-hydrogen) atoms. The van der Waals surface area contributed by atoms with Crippen molar-refractivity contribution < 1.29 is 19.1 Å². The molecular weight excluding hydrogens is 308 g/mol. The minimum atomic E-state index is -0.453. The van der Waals surface area contributed by atoms with Gasteiger partial charge in [-0.25, -0.2) is 4.79 Å². The Labute approximate surface area is 145 Å². The van der Waals surface area contributed by atoms with Crippen LogP contribution in [0.25, 0.3) is 0 Å². The van der Waals surface area contributed by atoms with Crippen molar-refractivity contribution in [2.24, 2.45) is 5.92 Å². The van der Waals surface area contributed by atoms with Crippen LogP contribution >= 0.6 is 0 Å². The summed E-state index contributed by atoms with van der Waals surface area (Å²) in [5.74, 6) is 0.519. The lowest BCUT2D eigenvalue weighted by Gasteiger charge is -2.36. The average Bonchev–Trinajstić information content (AvgIpc) is 2.52. The van der Waals surface area contributed by atoms with Gasteiger partial charge in [0.1, 0.15) is 5.60 Å². The molecule has 0 aromatic rings. The topological polar surface area (TPSA) is 59.1 Å². The van der Waals surface area contributed by atoms with Crippen LogP contribution < -0.4 is 0 Å². The zero-order chi connectivity index (χ0) is 17.7. The average molecular weight is 340 g/mol. The summed E-state index contributed by atoms with van der Waals surface area (Å²) in [4.78, 5) is 27.2. The van der Waals surface area contributed by atoms with E-state index in [1.807, 2.05) is 25.7 Å². The Bertz CT molecular complexity index is 439. The molecular formula is C18H32N2O4. The first-order chi connectivity index (χ1) is 11.2. The van der Waals surface area contributed by atoms with Crippen LogP contribution in [0.3, 0.4) is 0 Å². The van der Waals surface area contributed by atoms with E-state index in [4.69, 9.17) is 9.47 Å². The van der Waals surface area contributed by atoms with E-state index < -0.39 is 5.60 Å². The van der Waals surface area contributed by atoms with Crippen molar-refractivity contribution in [2.45, 2.75) is 65.1 Å². The van der Waals surface area contributed by atoms with Crippen molar-refractivity contribution in [1.29, 1.82) is 0 Å². The number of carbonyl (C=O) groups excluding carboxylic acids is 2. The van der Waals surface area contributed by atoms with Crippen LogP contribution in [0.1, 0.15) is 53.4 Å². The highest BCUT2D eigenvalue weighted by atomic mass is 16.6. The van der Waals surface area contributed by atoms with Gasteiger partial charge in [0.15, 0.2) is 0 Å². The van der Waals surface area contributed by atoms with Crippen molar-refractivity contribution >= 4 is 12.0 Å². The van der Waals surface area contributed by atoms with Gasteiger partial charge in [-0.15, -0.1) is 0 Å². The first-order valence-electron chi connectivity index (χ1n) is 9.09. The number of amides is 2. The highest BCUT2D eigenvalue weighted by Gasteiger charge is 2.29. The molecule has 6 nitrogen and oxygen atoms in total. The van der Waals surface area contributed by atoms with Gasteiger partial charge >= 0.3 is 6.09 Å². The number of carbonyl (C=O) groups is 2. The maximum atomic E-state index is 12.2. The fraction of sp³-hybridized carbons (Fsp3) is 0.889. The van der Waals surface area contributed by atoms with Gasteiger partial charge in [0, 0.05) is 39.0 Å². The molecule has 0 radical (unpaired) electrons. The predicted molar refractivity (Wildman–Crippen MR) is 91.8 cm³/mol. The lowest BCUT2D eigenvalue weighted by atomic mass is 9.99. The van der Waals surface area contributed by atoms with Gasteiger partial charge in [-0.2, -0.15) is 0 Å². The maximum absolute atomic E-state index is 12.2. The molecule has 0 bridgehead atoms. The Hall–Kier alpha value is -1.30. The van der Waals surface area contributed by atoms with Gasteiger partial charge in [0.05, 0.1) is 12.7 Å². The van der Waals surface area contributed by atoms with E-state index in [1.54, 1.807) is 11.8 Å². The molecule has 2 aliphatic heterocycles. The van der Waals surface area contributed by atoms with Crippen molar-refractivity contribution in [2.75, 3.05) is 32.8 Å². The normalized spacial score (nSPS) is 23.2. The molecule has 6 heteroatoms. The Kier molecular flexibility index (Phi) is 6.49. The highest BCUT2D eigenvalue weighted by molar-refractivity contribution is 5.73. The third-order valence-corrected chi connectivity index (χ3v) is 4.63. The second-order valence-electron chi connectivity index (χ2n) is 7.97. The SMILES string of the molecule is CC(=O)N1CCC(OCC2CCCN(C(=O)OC(C)(C)C)C2)CC1. The molecule has 138 valence electrons. The predicted octanol–water partition coefficient (Wildman–Crippen LogP) is 2.66. The number of rotatable bonds is 3. The molecule has 0 aliphatic carbocycles. The molecule has 2 fully saturated rings. The summed E-state index contributed by atoms with van der Waals surface area (Å²) in [5, 5.41) is 0. The summed E-state index contributed by atoms with van der Waals surface area (Å²) in [7, 11) is 0. The van der Waals surface area contributed by atoms with Gasteiger partial charge in [-0.05, 0) is 46.5 Å². The monoisotopic (exact) mass is 340 g/mol. The van der Waals surface area contributed by atoms with E-state index >= 15 is 0 Å². The van der Waals surface area contributed by atoms with E-state index in [0.29, 0.717) is 19.1 Å². The standard InChI is InChI=1S/C18H32N2O4/c1-14(21)19-10-7-16(8-11-19)23-13-15-6-5-9-20(12-15)17(22)24-18(2,3)4/h15-16H,5-13H2,1-4H3. The third-order valence-electron chi connectivity index (χ3n) is 4.63. The Balaban J connectivity index is 1.72. The van der Waals surface area contributed by atoms with Crippen LogP contribution in [-0.2, 0) is 14.3 Å². The quantitative estimate of drug-likeness (QED) is 0.792. The molecule has 0 saturated carbocycles. The maximum Gasteiger partial charge on any atom is 0.410 e. The Morgan fingerprint density at radius 3 is 2.29 bits per heavy atom. The molecule has 0 spiro atoms. The Morgan fingerprint density at radius 1 is 1.04 bits per heavy atom. The number of hydrogen-bond donors (Lipinski definition) is 0. The van der Waals surface area contributed by atoms with Crippen molar-refractivity contribution in [1.82, 2.24) is 9.80 Å². The molecule has 1 unspecified atom stereocenters. The number of ether oxygens (including phenoxy) is 2. The largest absolute Gasteiger partial charge is 0.444 e. The number of hydrogen-bond acceptors (Lipinski definition) is 4. The van der Waals surface area contributed by atoms with Crippen LogP contribution in [0.4, 0.5) is 4.79 Å². The van der Waals surface area contributed by atoms with Gasteiger partial charge < -0.3 is 19.3 Å². The summed E-state index contributed by atoms with van der Waals surface area (Å²) in [6.45, 7) is 11.0. The van der Waals surface area contributed by atoms with E-state index in [2.05, 4.69) is 0 Å². The van der Waals surface area contributed by atoms with Crippen LogP contribution in [-0.4, -0.2) is 66.3 Å². The lowest BCUT2D eigenvalue weighted by Crippen LogP contribution is -2.44. The lowest BCUT2D eigenvalue weighted by molar-refractivity contribution is -0.131. The van der Waals surface area contributed by atoms with Crippen LogP contribution in [0.15, 0.2) is 0 Å². The molecule has 2 saturated heterocycles. The summed E-state index contributed by atoms with van der Waals surface area (Å²) < 4.78 is 11.5. The van der Waals surface area contributed by atoms with Crippen molar-refractivity contribution in [3.05, 3.63) is 0 Å². The summed E-state index contributed by atoms with van der Waals surface area (Å²) in [6.07, 6.45) is 3.91. The number of piperidine rings is 2. The number of nitrogens with zero attached hydrogens (tertiary/aromatic N) is 2. The zero-order valence-corrected chi connectivity index (χ0v) is 15.5. The molecule has 0 N–H and O–H groups in total. The molecule has 2 aliphatic rings. The molecule has 0 aromatic carbocycles. The van der Waals surface area contributed by atoms with Crippen molar-refractivity contribution in [3.63, 3.8) is 0 Å². The van der Waals surface area contributed by atoms with E-state index in [-0.39, 0.29) is 18.1 Å². The Morgan fingerprint density at radius 2 is 1.71 bits per heavy atom. The summed E-state index contributed by atoms with van der Waals surface area (Å²) in [6, 6.07) is 0.